The van der Waals surface area contributed by atoms with E-state index in [1.165, 1.54) is 23.2 Å². The van der Waals surface area contributed by atoms with Crippen LogP contribution in [0.2, 0.25) is 0 Å². The third kappa shape index (κ3) is 3.51. The number of amides is 1. The fourth-order valence-electron chi connectivity index (χ4n) is 3.54. The number of fused-ring (bicyclic) bond motifs is 1. The van der Waals surface area contributed by atoms with Crippen molar-refractivity contribution in [1.29, 1.82) is 0 Å². The minimum Gasteiger partial charge on any atom is -0.444 e. The molecule has 1 aromatic carbocycles. The summed E-state index contributed by atoms with van der Waals surface area (Å²) in [5.41, 5.74) is 3.35. The van der Waals surface area contributed by atoms with Gasteiger partial charge in [-0.25, -0.2) is 4.79 Å². The summed E-state index contributed by atoms with van der Waals surface area (Å²) in [6.45, 7) is 9.13. The second kappa shape index (κ2) is 6.28. The number of benzene rings is 1. The van der Waals surface area contributed by atoms with Crippen LogP contribution in [0.4, 0.5) is 10.5 Å². The Hall–Kier alpha value is -1.75. The lowest BCUT2D eigenvalue weighted by Gasteiger charge is -2.25. The first-order valence-electron chi connectivity index (χ1n) is 8.74. The van der Waals surface area contributed by atoms with Crippen molar-refractivity contribution in [3.63, 3.8) is 0 Å². The second-order valence-corrected chi connectivity index (χ2v) is 8.10. The van der Waals surface area contributed by atoms with Crippen molar-refractivity contribution in [2.45, 2.75) is 51.9 Å². The third-order valence-electron chi connectivity index (χ3n) is 4.84. The zero-order valence-corrected chi connectivity index (χ0v) is 15.5. The number of anilines is 1. The standard InChI is InChI=1S/C19H29N3O2/c1-19(2,3)24-18(23)22-11-14-7-6-8-17(16(14)13-22)21-10-9-15(12-21)20(4)5/h6-8,15H,9-13H2,1-5H3. The number of hydrogen-bond donors (Lipinski definition) is 0. The molecule has 0 spiro atoms. The van der Waals surface area contributed by atoms with Gasteiger partial charge in [-0.05, 0) is 58.5 Å². The van der Waals surface area contributed by atoms with Crippen LogP contribution < -0.4 is 4.90 Å². The molecule has 1 atom stereocenters. The molecule has 3 rings (SSSR count). The highest BCUT2D eigenvalue weighted by molar-refractivity contribution is 5.71. The van der Waals surface area contributed by atoms with Crippen molar-refractivity contribution >= 4 is 11.8 Å². The number of carbonyl (C=O) groups is 1. The Morgan fingerprint density at radius 1 is 1.25 bits per heavy atom. The zero-order chi connectivity index (χ0) is 17.5. The number of rotatable bonds is 2. The Kier molecular flexibility index (Phi) is 4.47. The molecule has 1 aromatic rings. The normalized spacial score (nSPS) is 20.7. The van der Waals surface area contributed by atoms with Crippen LogP contribution in [0.25, 0.3) is 0 Å². The van der Waals surface area contributed by atoms with Gasteiger partial charge in [0.1, 0.15) is 5.60 Å². The maximum absolute atomic E-state index is 12.4. The first-order valence-corrected chi connectivity index (χ1v) is 8.74. The van der Waals surface area contributed by atoms with Crippen LogP contribution in [-0.4, -0.2) is 54.7 Å². The molecule has 2 aliphatic heterocycles. The van der Waals surface area contributed by atoms with E-state index in [9.17, 15) is 4.79 Å². The van der Waals surface area contributed by atoms with Crippen LogP contribution in [0.1, 0.15) is 38.3 Å². The second-order valence-electron chi connectivity index (χ2n) is 8.10. The minimum absolute atomic E-state index is 0.225. The fourth-order valence-corrected chi connectivity index (χ4v) is 3.54. The van der Waals surface area contributed by atoms with Crippen molar-refractivity contribution in [3.8, 4) is 0 Å². The maximum atomic E-state index is 12.4. The van der Waals surface area contributed by atoms with Gasteiger partial charge < -0.3 is 14.5 Å². The van der Waals surface area contributed by atoms with Crippen molar-refractivity contribution in [3.05, 3.63) is 29.3 Å². The molecule has 0 aliphatic carbocycles. The summed E-state index contributed by atoms with van der Waals surface area (Å²) in [7, 11) is 4.29. The summed E-state index contributed by atoms with van der Waals surface area (Å²) in [6, 6.07) is 7.03. The Labute approximate surface area is 145 Å². The van der Waals surface area contributed by atoms with E-state index < -0.39 is 5.60 Å². The Bertz CT molecular complexity index is 622. The van der Waals surface area contributed by atoms with Crippen LogP contribution >= 0.6 is 0 Å². The molecular weight excluding hydrogens is 302 g/mol. The Balaban J connectivity index is 1.75. The quantitative estimate of drug-likeness (QED) is 0.834. The lowest BCUT2D eigenvalue weighted by molar-refractivity contribution is 0.0242. The van der Waals surface area contributed by atoms with E-state index in [0.29, 0.717) is 19.1 Å². The topological polar surface area (TPSA) is 36.0 Å². The van der Waals surface area contributed by atoms with Gasteiger partial charge in [-0.2, -0.15) is 0 Å². The molecule has 0 aromatic heterocycles. The highest BCUT2D eigenvalue weighted by Crippen LogP contribution is 2.34. The summed E-state index contributed by atoms with van der Waals surface area (Å²) in [5, 5.41) is 0. The van der Waals surface area contributed by atoms with E-state index in [-0.39, 0.29) is 6.09 Å². The predicted octanol–water partition coefficient (Wildman–Crippen LogP) is 3.08. The first-order chi connectivity index (χ1) is 11.2. The van der Waals surface area contributed by atoms with Gasteiger partial charge in [0.05, 0.1) is 6.54 Å². The number of likely N-dealkylation sites (N-methyl/N-ethyl adjacent to an activating group) is 1. The number of nitrogens with zero attached hydrogens (tertiary/aromatic N) is 3. The van der Waals surface area contributed by atoms with E-state index >= 15 is 0 Å². The van der Waals surface area contributed by atoms with Gasteiger partial charge in [0.15, 0.2) is 0 Å². The summed E-state index contributed by atoms with van der Waals surface area (Å²) in [4.78, 5) is 19.0. The van der Waals surface area contributed by atoms with Gasteiger partial charge in [0, 0.05) is 31.4 Å². The molecule has 24 heavy (non-hydrogen) atoms. The molecule has 132 valence electrons. The molecule has 1 fully saturated rings. The highest BCUT2D eigenvalue weighted by Gasteiger charge is 2.32. The lowest BCUT2D eigenvalue weighted by Crippen LogP contribution is -2.33. The number of carbonyl (C=O) groups excluding carboxylic acids is 1. The number of ether oxygens (including phenoxy) is 1. The van der Waals surface area contributed by atoms with Crippen LogP contribution in [0.5, 0.6) is 0 Å². The van der Waals surface area contributed by atoms with Crippen molar-refractivity contribution in [2.24, 2.45) is 0 Å². The molecule has 2 aliphatic rings. The lowest BCUT2D eigenvalue weighted by atomic mass is 10.1. The molecule has 0 saturated carbocycles. The summed E-state index contributed by atoms with van der Waals surface area (Å²) in [6.07, 6.45) is 0.962. The molecule has 0 N–H and O–H groups in total. The molecular formula is C19H29N3O2. The zero-order valence-electron chi connectivity index (χ0n) is 15.5. The van der Waals surface area contributed by atoms with Gasteiger partial charge in [0.25, 0.3) is 0 Å². The average molecular weight is 331 g/mol. The first kappa shape index (κ1) is 17.1. The van der Waals surface area contributed by atoms with E-state index in [1.54, 1.807) is 4.90 Å². The SMILES string of the molecule is CN(C)C1CCN(c2cccc3c2CN(C(=O)OC(C)(C)C)C3)C1. The van der Waals surface area contributed by atoms with Crippen molar-refractivity contribution < 1.29 is 9.53 Å². The van der Waals surface area contributed by atoms with E-state index in [0.717, 1.165) is 13.1 Å². The molecule has 1 amide bonds. The van der Waals surface area contributed by atoms with Gasteiger partial charge in [-0.15, -0.1) is 0 Å². The van der Waals surface area contributed by atoms with Crippen LogP contribution in [0.3, 0.4) is 0 Å². The maximum Gasteiger partial charge on any atom is 0.410 e. The summed E-state index contributed by atoms with van der Waals surface area (Å²) >= 11 is 0. The van der Waals surface area contributed by atoms with Crippen LogP contribution in [-0.2, 0) is 17.8 Å². The molecule has 2 heterocycles. The van der Waals surface area contributed by atoms with Gasteiger partial charge in [-0.1, -0.05) is 12.1 Å². The molecule has 1 unspecified atom stereocenters. The number of hydrogen-bond acceptors (Lipinski definition) is 4. The molecule has 5 heteroatoms. The Morgan fingerprint density at radius 3 is 2.62 bits per heavy atom. The fraction of sp³-hybridized carbons (Fsp3) is 0.632. The monoisotopic (exact) mass is 331 g/mol. The third-order valence-corrected chi connectivity index (χ3v) is 4.84. The van der Waals surface area contributed by atoms with E-state index in [1.807, 2.05) is 20.8 Å². The van der Waals surface area contributed by atoms with Gasteiger partial charge in [0.2, 0.25) is 0 Å². The summed E-state index contributed by atoms with van der Waals surface area (Å²) in [5.74, 6) is 0. The average Bonchev–Trinajstić information content (AvgIpc) is 3.12. The van der Waals surface area contributed by atoms with Gasteiger partial charge in [-0.3, -0.25) is 4.90 Å². The van der Waals surface area contributed by atoms with Crippen molar-refractivity contribution in [2.75, 3.05) is 32.1 Å². The smallest absolute Gasteiger partial charge is 0.410 e. The van der Waals surface area contributed by atoms with Gasteiger partial charge >= 0.3 is 6.09 Å². The van der Waals surface area contributed by atoms with Crippen LogP contribution in [0, 0.1) is 0 Å². The van der Waals surface area contributed by atoms with E-state index in [4.69, 9.17) is 4.74 Å². The van der Waals surface area contributed by atoms with Crippen LogP contribution in [0.15, 0.2) is 18.2 Å². The largest absolute Gasteiger partial charge is 0.444 e. The van der Waals surface area contributed by atoms with E-state index in [2.05, 4.69) is 42.1 Å². The molecule has 1 saturated heterocycles. The summed E-state index contributed by atoms with van der Waals surface area (Å²) < 4.78 is 5.53. The highest BCUT2D eigenvalue weighted by atomic mass is 16.6. The minimum atomic E-state index is -0.456. The molecule has 0 bridgehead atoms. The molecule has 0 radical (unpaired) electrons. The molecule has 5 nitrogen and oxygen atoms in total. The predicted molar refractivity (Wildman–Crippen MR) is 96.2 cm³/mol. The van der Waals surface area contributed by atoms with Crippen molar-refractivity contribution in [1.82, 2.24) is 9.80 Å². The Morgan fingerprint density at radius 2 is 2.00 bits per heavy atom.